The molecule has 1 aliphatic heterocycles. The number of hydrogen-bond acceptors (Lipinski definition) is 3. The fourth-order valence-electron chi connectivity index (χ4n) is 2.63. The topological polar surface area (TPSA) is 28.2 Å². The summed E-state index contributed by atoms with van der Waals surface area (Å²) in [5.41, 5.74) is 1.53. The first kappa shape index (κ1) is 12.4. The Morgan fingerprint density at radius 1 is 1.47 bits per heavy atom. The maximum Gasteiger partial charge on any atom is 0.133 e. The van der Waals surface area contributed by atoms with Crippen LogP contribution in [0.3, 0.4) is 0 Å². The summed E-state index contributed by atoms with van der Waals surface area (Å²) >= 11 is 0. The molecular formula is C14H23N3. The Bertz CT molecular complexity index is 387. The molecule has 0 spiro atoms. The largest absolute Gasteiger partial charge is 0.351 e. The third kappa shape index (κ3) is 2.29. The van der Waals surface area contributed by atoms with Crippen molar-refractivity contribution < 1.29 is 0 Å². The van der Waals surface area contributed by atoms with Crippen LogP contribution in [0, 0.1) is 0 Å². The van der Waals surface area contributed by atoms with Gasteiger partial charge < -0.3 is 10.2 Å². The second-order valence-electron chi connectivity index (χ2n) is 5.49. The molecule has 1 fully saturated rings. The van der Waals surface area contributed by atoms with E-state index >= 15 is 0 Å². The van der Waals surface area contributed by atoms with Gasteiger partial charge in [-0.3, -0.25) is 0 Å². The molecule has 2 heterocycles. The van der Waals surface area contributed by atoms with Gasteiger partial charge in [-0.25, -0.2) is 4.98 Å². The lowest BCUT2D eigenvalue weighted by Gasteiger charge is -2.34. The van der Waals surface area contributed by atoms with Crippen molar-refractivity contribution in [2.75, 3.05) is 18.5 Å². The van der Waals surface area contributed by atoms with Gasteiger partial charge >= 0.3 is 0 Å². The Morgan fingerprint density at radius 2 is 2.24 bits per heavy atom. The monoisotopic (exact) mass is 233 g/mol. The maximum absolute atomic E-state index is 4.61. The standard InChI is InChI=1S/C14H23N3/c1-11(15-4)12-7-5-9-16-13(12)17-10-6-8-14(17,2)3/h5,7,9,11,15H,6,8,10H2,1-4H3. The smallest absolute Gasteiger partial charge is 0.133 e. The van der Waals surface area contributed by atoms with Crippen molar-refractivity contribution in [1.82, 2.24) is 10.3 Å². The predicted octanol–water partition coefficient (Wildman–Crippen LogP) is 2.74. The fraction of sp³-hybridized carbons (Fsp3) is 0.643. The van der Waals surface area contributed by atoms with E-state index in [2.05, 4.69) is 42.0 Å². The number of nitrogens with zero attached hydrogens (tertiary/aromatic N) is 2. The zero-order valence-electron chi connectivity index (χ0n) is 11.3. The van der Waals surface area contributed by atoms with Crippen LogP contribution in [0.5, 0.6) is 0 Å². The minimum absolute atomic E-state index is 0.233. The van der Waals surface area contributed by atoms with Crippen molar-refractivity contribution >= 4 is 5.82 Å². The summed E-state index contributed by atoms with van der Waals surface area (Å²) < 4.78 is 0. The molecule has 0 bridgehead atoms. The molecule has 0 radical (unpaired) electrons. The van der Waals surface area contributed by atoms with Crippen LogP contribution in [0.1, 0.15) is 45.2 Å². The van der Waals surface area contributed by atoms with Crippen molar-refractivity contribution in [2.24, 2.45) is 0 Å². The highest BCUT2D eigenvalue weighted by Gasteiger charge is 2.34. The van der Waals surface area contributed by atoms with Gasteiger partial charge in [-0.1, -0.05) is 6.07 Å². The Hall–Kier alpha value is -1.09. The molecule has 3 nitrogen and oxygen atoms in total. The molecule has 0 aromatic carbocycles. The van der Waals surface area contributed by atoms with Gasteiger partial charge in [0.25, 0.3) is 0 Å². The number of rotatable bonds is 3. The summed E-state index contributed by atoms with van der Waals surface area (Å²) in [4.78, 5) is 7.07. The van der Waals surface area contributed by atoms with E-state index in [0.717, 1.165) is 12.4 Å². The molecule has 0 saturated carbocycles. The summed E-state index contributed by atoms with van der Waals surface area (Å²) in [6.07, 6.45) is 4.41. The van der Waals surface area contributed by atoms with E-state index in [-0.39, 0.29) is 5.54 Å². The van der Waals surface area contributed by atoms with Crippen molar-refractivity contribution in [3.05, 3.63) is 23.9 Å². The van der Waals surface area contributed by atoms with Crippen LogP contribution < -0.4 is 10.2 Å². The molecule has 1 aliphatic rings. The summed E-state index contributed by atoms with van der Waals surface area (Å²) in [6.45, 7) is 7.92. The molecule has 0 aliphatic carbocycles. The van der Waals surface area contributed by atoms with Crippen LogP contribution in [0.25, 0.3) is 0 Å². The predicted molar refractivity (Wildman–Crippen MR) is 72.4 cm³/mol. The van der Waals surface area contributed by atoms with E-state index in [4.69, 9.17) is 0 Å². The van der Waals surface area contributed by atoms with Crippen LogP contribution in [0.4, 0.5) is 5.82 Å². The summed E-state index contributed by atoms with van der Waals surface area (Å²) in [5.74, 6) is 1.15. The third-order valence-electron chi connectivity index (χ3n) is 3.87. The first-order valence-corrected chi connectivity index (χ1v) is 6.46. The Morgan fingerprint density at radius 3 is 2.82 bits per heavy atom. The lowest BCUT2D eigenvalue weighted by atomic mass is 10.0. The van der Waals surface area contributed by atoms with Crippen LogP contribution in [-0.4, -0.2) is 24.1 Å². The van der Waals surface area contributed by atoms with Gasteiger partial charge in [0, 0.05) is 29.9 Å². The Kier molecular flexibility index (Phi) is 3.38. The van der Waals surface area contributed by atoms with E-state index in [0.29, 0.717) is 6.04 Å². The summed E-state index contributed by atoms with van der Waals surface area (Å²) in [6, 6.07) is 4.54. The molecule has 2 rings (SSSR count). The number of aromatic nitrogens is 1. The average molecular weight is 233 g/mol. The minimum atomic E-state index is 0.233. The molecule has 1 aromatic heterocycles. The highest BCUT2D eigenvalue weighted by Crippen LogP contribution is 2.35. The molecule has 1 N–H and O–H groups in total. The molecule has 1 unspecified atom stereocenters. The van der Waals surface area contributed by atoms with Crippen molar-refractivity contribution in [3.63, 3.8) is 0 Å². The Balaban J connectivity index is 2.38. The molecule has 0 amide bonds. The van der Waals surface area contributed by atoms with E-state index in [1.807, 2.05) is 19.3 Å². The number of pyridine rings is 1. The number of anilines is 1. The van der Waals surface area contributed by atoms with Crippen molar-refractivity contribution in [2.45, 2.75) is 45.2 Å². The van der Waals surface area contributed by atoms with Crippen LogP contribution in [0.15, 0.2) is 18.3 Å². The number of nitrogens with one attached hydrogen (secondary N) is 1. The molecular weight excluding hydrogens is 210 g/mol. The van der Waals surface area contributed by atoms with E-state index in [9.17, 15) is 0 Å². The van der Waals surface area contributed by atoms with Gasteiger partial charge in [0.2, 0.25) is 0 Å². The zero-order valence-corrected chi connectivity index (χ0v) is 11.3. The van der Waals surface area contributed by atoms with E-state index in [1.54, 1.807) is 0 Å². The SMILES string of the molecule is CNC(C)c1cccnc1N1CCCC1(C)C. The summed E-state index contributed by atoms with van der Waals surface area (Å²) in [7, 11) is 2.00. The highest BCUT2D eigenvalue weighted by atomic mass is 15.3. The molecule has 1 atom stereocenters. The minimum Gasteiger partial charge on any atom is -0.351 e. The molecule has 1 saturated heterocycles. The summed E-state index contributed by atoms with van der Waals surface area (Å²) in [5, 5.41) is 3.31. The van der Waals surface area contributed by atoms with E-state index in [1.165, 1.54) is 18.4 Å². The van der Waals surface area contributed by atoms with Gasteiger partial charge in [0.1, 0.15) is 5.82 Å². The van der Waals surface area contributed by atoms with Gasteiger partial charge in [-0.15, -0.1) is 0 Å². The zero-order chi connectivity index (χ0) is 12.5. The molecule has 17 heavy (non-hydrogen) atoms. The van der Waals surface area contributed by atoms with E-state index < -0.39 is 0 Å². The third-order valence-corrected chi connectivity index (χ3v) is 3.87. The van der Waals surface area contributed by atoms with Crippen LogP contribution in [-0.2, 0) is 0 Å². The average Bonchev–Trinajstić information content (AvgIpc) is 2.68. The quantitative estimate of drug-likeness (QED) is 0.870. The molecule has 94 valence electrons. The van der Waals surface area contributed by atoms with Gasteiger partial charge in [-0.2, -0.15) is 0 Å². The second kappa shape index (κ2) is 4.65. The normalized spacial score (nSPS) is 20.6. The lowest BCUT2D eigenvalue weighted by molar-refractivity contribution is 0.510. The second-order valence-corrected chi connectivity index (χ2v) is 5.49. The first-order valence-electron chi connectivity index (χ1n) is 6.46. The first-order chi connectivity index (χ1) is 8.06. The van der Waals surface area contributed by atoms with Gasteiger partial charge in [0.15, 0.2) is 0 Å². The van der Waals surface area contributed by atoms with Crippen molar-refractivity contribution in [3.8, 4) is 0 Å². The van der Waals surface area contributed by atoms with Crippen LogP contribution >= 0.6 is 0 Å². The molecule has 3 heteroatoms. The number of hydrogen-bond donors (Lipinski definition) is 1. The highest BCUT2D eigenvalue weighted by molar-refractivity contribution is 5.51. The van der Waals surface area contributed by atoms with Gasteiger partial charge in [0.05, 0.1) is 0 Å². The van der Waals surface area contributed by atoms with Crippen LogP contribution in [0.2, 0.25) is 0 Å². The van der Waals surface area contributed by atoms with Gasteiger partial charge in [-0.05, 0) is 46.7 Å². The molecule has 1 aromatic rings. The fourth-order valence-corrected chi connectivity index (χ4v) is 2.63. The maximum atomic E-state index is 4.61. The Labute approximate surface area is 104 Å². The lowest BCUT2D eigenvalue weighted by Crippen LogP contribution is -2.39. The van der Waals surface area contributed by atoms with Crippen molar-refractivity contribution in [1.29, 1.82) is 0 Å².